The highest BCUT2D eigenvalue weighted by Gasteiger charge is 2.41. The number of hydrogen-bond donors (Lipinski definition) is 1. The van der Waals surface area contributed by atoms with Crippen molar-refractivity contribution in [3.8, 4) is 0 Å². The van der Waals surface area contributed by atoms with E-state index in [1.165, 1.54) is 0 Å². The molecule has 0 spiro atoms. The number of likely N-dealkylation sites (N-methyl/N-ethyl adjacent to an activating group) is 1. The Morgan fingerprint density at radius 3 is 2.44 bits per heavy atom. The minimum atomic E-state index is -0.275. The molecule has 16 heavy (non-hydrogen) atoms. The summed E-state index contributed by atoms with van der Waals surface area (Å²) in [6.45, 7) is 1.71. The zero-order valence-corrected chi connectivity index (χ0v) is 11.0. The number of methoxy groups -OCH3 is 1. The molecule has 2 N–H and O–H groups in total. The maximum Gasteiger partial charge on any atom is 0.229 e. The first-order valence-corrected chi connectivity index (χ1v) is 5.61. The van der Waals surface area contributed by atoms with Gasteiger partial charge >= 0.3 is 0 Å². The number of hydrogen-bond acceptors (Lipinski definition) is 3. The van der Waals surface area contributed by atoms with Gasteiger partial charge in [-0.05, 0) is 12.8 Å². The maximum absolute atomic E-state index is 12.2. The summed E-state index contributed by atoms with van der Waals surface area (Å²) in [7, 11) is 3.48. The van der Waals surface area contributed by atoms with Crippen LogP contribution in [0.1, 0.15) is 25.7 Å². The number of nitrogens with zero attached hydrogens (tertiary/aromatic N) is 1. The summed E-state index contributed by atoms with van der Waals surface area (Å²) in [6.07, 6.45) is 4.14. The summed E-state index contributed by atoms with van der Waals surface area (Å²) < 4.78 is 4.97. The third-order valence-corrected chi connectivity index (χ3v) is 3.38. The van der Waals surface area contributed by atoms with Crippen molar-refractivity contribution in [1.29, 1.82) is 0 Å². The summed E-state index contributed by atoms with van der Waals surface area (Å²) in [6, 6.07) is 0. The van der Waals surface area contributed by atoms with Crippen molar-refractivity contribution in [2.75, 3.05) is 33.9 Å². The molecule has 0 bridgehead atoms. The molecule has 96 valence electrons. The topological polar surface area (TPSA) is 55.6 Å². The first-order chi connectivity index (χ1) is 7.16. The Morgan fingerprint density at radius 2 is 2.00 bits per heavy atom. The second-order valence-corrected chi connectivity index (χ2v) is 4.41. The molecule has 0 saturated heterocycles. The molecule has 0 aromatic carbocycles. The molecular formula is C11H23ClN2O2. The van der Waals surface area contributed by atoms with Gasteiger partial charge in [0.15, 0.2) is 0 Å². The van der Waals surface area contributed by atoms with Crippen molar-refractivity contribution in [2.45, 2.75) is 25.7 Å². The van der Waals surface area contributed by atoms with Gasteiger partial charge in [0.25, 0.3) is 0 Å². The molecule has 4 nitrogen and oxygen atoms in total. The largest absolute Gasteiger partial charge is 0.383 e. The van der Waals surface area contributed by atoms with E-state index in [4.69, 9.17) is 10.5 Å². The Bertz CT molecular complexity index is 218. The highest BCUT2D eigenvalue weighted by molar-refractivity contribution is 5.85. The van der Waals surface area contributed by atoms with Gasteiger partial charge in [0.05, 0.1) is 12.0 Å². The Balaban J connectivity index is 0.00000225. The van der Waals surface area contributed by atoms with Gasteiger partial charge in [-0.3, -0.25) is 4.79 Å². The smallest absolute Gasteiger partial charge is 0.229 e. The van der Waals surface area contributed by atoms with Crippen LogP contribution in [0.5, 0.6) is 0 Å². The second kappa shape index (κ2) is 7.09. The average Bonchev–Trinajstić information content (AvgIpc) is 2.74. The molecule has 0 aromatic heterocycles. The van der Waals surface area contributed by atoms with E-state index in [0.717, 1.165) is 25.7 Å². The lowest BCUT2D eigenvalue weighted by molar-refractivity contribution is -0.140. The summed E-state index contributed by atoms with van der Waals surface area (Å²) in [5.74, 6) is 0.194. The van der Waals surface area contributed by atoms with E-state index in [-0.39, 0.29) is 23.7 Å². The third kappa shape index (κ3) is 3.34. The highest BCUT2D eigenvalue weighted by atomic mass is 35.5. The van der Waals surface area contributed by atoms with Crippen LogP contribution >= 0.6 is 12.4 Å². The van der Waals surface area contributed by atoms with Crippen LogP contribution in [0, 0.1) is 5.41 Å². The van der Waals surface area contributed by atoms with E-state index in [9.17, 15) is 4.79 Å². The first-order valence-electron chi connectivity index (χ1n) is 5.61. The van der Waals surface area contributed by atoms with Crippen LogP contribution in [0.2, 0.25) is 0 Å². The minimum absolute atomic E-state index is 0. The van der Waals surface area contributed by atoms with E-state index < -0.39 is 0 Å². The van der Waals surface area contributed by atoms with E-state index in [0.29, 0.717) is 19.7 Å². The van der Waals surface area contributed by atoms with Gasteiger partial charge in [0.1, 0.15) is 0 Å². The molecule has 1 aliphatic rings. The van der Waals surface area contributed by atoms with Gasteiger partial charge in [0, 0.05) is 27.2 Å². The fourth-order valence-electron chi connectivity index (χ4n) is 2.29. The van der Waals surface area contributed by atoms with Crippen LogP contribution in [0.15, 0.2) is 0 Å². The van der Waals surface area contributed by atoms with Gasteiger partial charge in [-0.25, -0.2) is 0 Å². The van der Waals surface area contributed by atoms with Crippen LogP contribution in [0.25, 0.3) is 0 Å². The molecule has 0 heterocycles. The Morgan fingerprint density at radius 1 is 1.44 bits per heavy atom. The number of halogens is 1. The first kappa shape index (κ1) is 15.7. The van der Waals surface area contributed by atoms with Crippen molar-refractivity contribution >= 4 is 18.3 Å². The van der Waals surface area contributed by atoms with E-state index in [2.05, 4.69) is 0 Å². The number of amides is 1. The van der Waals surface area contributed by atoms with Crippen molar-refractivity contribution in [3.63, 3.8) is 0 Å². The third-order valence-electron chi connectivity index (χ3n) is 3.38. The van der Waals surface area contributed by atoms with Gasteiger partial charge in [0.2, 0.25) is 5.91 Å². The van der Waals surface area contributed by atoms with Crippen LogP contribution in [0.3, 0.4) is 0 Å². The van der Waals surface area contributed by atoms with E-state index >= 15 is 0 Å². The quantitative estimate of drug-likeness (QED) is 0.793. The van der Waals surface area contributed by atoms with Crippen LogP contribution in [0.4, 0.5) is 0 Å². The van der Waals surface area contributed by atoms with Gasteiger partial charge in [-0.15, -0.1) is 12.4 Å². The zero-order valence-electron chi connectivity index (χ0n) is 10.2. The van der Waals surface area contributed by atoms with Crippen molar-refractivity contribution in [2.24, 2.45) is 11.1 Å². The Hall–Kier alpha value is -0.320. The van der Waals surface area contributed by atoms with Gasteiger partial charge in [-0.2, -0.15) is 0 Å². The predicted octanol–water partition coefficient (Wildman–Crippen LogP) is 1.03. The van der Waals surface area contributed by atoms with Gasteiger partial charge < -0.3 is 15.4 Å². The number of ether oxygens (including phenoxy) is 1. The molecule has 1 rings (SSSR count). The summed E-state index contributed by atoms with van der Waals surface area (Å²) in [5, 5.41) is 0. The fourth-order valence-corrected chi connectivity index (χ4v) is 2.29. The Kier molecular flexibility index (Phi) is 6.95. The number of rotatable bonds is 5. The standard InChI is InChI=1S/C11H22N2O2.ClH/c1-13(7-8-15-2)10(14)11(9-12)5-3-4-6-11;/h3-9,12H2,1-2H3;1H. The maximum atomic E-state index is 12.2. The highest BCUT2D eigenvalue weighted by Crippen LogP contribution is 2.38. The molecule has 1 fully saturated rings. The SMILES string of the molecule is COCCN(C)C(=O)C1(CN)CCCC1.Cl. The average molecular weight is 251 g/mol. The molecule has 5 heteroatoms. The van der Waals surface area contributed by atoms with E-state index in [1.54, 1.807) is 12.0 Å². The number of carbonyl (C=O) groups excluding carboxylic acids is 1. The normalized spacial score (nSPS) is 17.9. The van der Waals surface area contributed by atoms with Crippen LogP contribution in [-0.2, 0) is 9.53 Å². The van der Waals surface area contributed by atoms with Crippen LogP contribution < -0.4 is 5.73 Å². The Labute approximate surface area is 104 Å². The fraction of sp³-hybridized carbons (Fsp3) is 0.909. The summed E-state index contributed by atoms with van der Waals surface area (Å²) in [5.41, 5.74) is 5.48. The molecular weight excluding hydrogens is 228 g/mol. The van der Waals surface area contributed by atoms with Crippen molar-refractivity contribution in [1.82, 2.24) is 4.90 Å². The number of carbonyl (C=O) groups is 1. The molecule has 0 radical (unpaired) electrons. The van der Waals surface area contributed by atoms with Crippen molar-refractivity contribution < 1.29 is 9.53 Å². The molecule has 0 atom stereocenters. The predicted molar refractivity (Wildman–Crippen MR) is 66.7 cm³/mol. The lowest BCUT2D eigenvalue weighted by atomic mass is 9.85. The molecule has 0 aromatic rings. The minimum Gasteiger partial charge on any atom is -0.383 e. The molecule has 1 amide bonds. The lowest BCUT2D eigenvalue weighted by Gasteiger charge is -2.31. The van der Waals surface area contributed by atoms with Crippen LogP contribution in [-0.4, -0.2) is 44.7 Å². The van der Waals surface area contributed by atoms with E-state index in [1.807, 2.05) is 7.05 Å². The molecule has 1 aliphatic carbocycles. The zero-order chi connectivity index (χ0) is 11.3. The number of nitrogens with two attached hydrogens (primary N) is 1. The molecule has 0 unspecified atom stereocenters. The summed E-state index contributed by atoms with van der Waals surface area (Å²) in [4.78, 5) is 13.9. The monoisotopic (exact) mass is 250 g/mol. The lowest BCUT2D eigenvalue weighted by Crippen LogP contribution is -2.45. The second-order valence-electron chi connectivity index (χ2n) is 4.41. The summed E-state index contributed by atoms with van der Waals surface area (Å²) >= 11 is 0. The van der Waals surface area contributed by atoms with Crippen molar-refractivity contribution in [3.05, 3.63) is 0 Å². The van der Waals surface area contributed by atoms with Gasteiger partial charge in [-0.1, -0.05) is 12.8 Å². The molecule has 0 aliphatic heterocycles. The molecule has 1 saturated carbocycles.